The van der Waals surface area contributed by atoms with Crippen LogP contribution in [0, 0.1) is 11.3 Å². The number of fused-ring (bicyclic) bond motifs is 1. The summed E-state index contributed by atoms with van der Waals surface area (Å²) < 4.78 is 2.67. The second-order valence-electron chi connectivity index (χ2n) is 2.84. The van der Waals surface area contributed by atoms with Gasteiger partial charge in [0.05, 0.1) is 6.07 Å². The molecule has 2 rings (SSSR count). The molecule has 0 saturated carbocycles. The molecule has 5 heteroatoms. The summed E-state index contributed by atoms with van der Waals surface area (Å²) >= 11 is 3.35. The Hall–Kier alpha value is -1.41. The lowest BCUT2D eigenvalue weighted by molar-refractivity contribution is 0.853. The topological polar surface area (TPSA) is 54.0 Å². The zero-order valence-corrected chi connectivity index (χ0v) is 8.90. The van der Waals surface area contributed by atoms with E-state index >= 15 is 0 Å². The second-order valence-corrected chi connectivity index (χ2v) is 3.75. The average molecular weight is 251 g/mol. The van der Waals surface area contributed by atoms with E-state index in [0.717, 1.165) is 10.1 Å². The summed E-state index contributed by atoms with van der Waals surface area (Å²) in [5.41, 5.74) is 0.807. The van der Waals surface area contributed by atoms with Crippen LogP contribution in [0.4, 0.5) is 0 Å². The van der Waals surface area contributed by atoms with Gasteiger partial charge < -0.3 is 0 Å². The lowest BCUT2D eigenvalue weighted by atomic mass is 10.3. The van der Waals surface area contributed by atoms with Crippen LogP contribution in [0.2, 0.25) is 0 Å². The molecule has 0 spiro atoms. The van der Waals surface area contributed by atoms with E-state index < -0.39 is 0 Å². The molecule has 0 radical (unpaired) electrons. The Morgan fingerprint density at radius 2 is 2.36 bits per heavy atom. The number of nitriles is 1. The summed E-state index contributed by atoms with van der Waals surface area (Å²) in [7, 11) is 0. The summed E-state index contributed by atoms with van der Waals surface area (Å²) in [4.78, 5) is 4.27. The minimum Gasteiger partial charge on any atom is -0.220 e. The predicted molar refractivity (Wildman–Crippen MR) is 54.6 cm³/mol. The number of aromatic nitrogens is 3. The Morgan fingerprint density at radius 3 is 3.14 bits per heavy atom. The highest BCUT2D eigenvalue weighted by Gasteiger charge is 2.02. The van der Waals surface area contributed by atoms with Gasteiger partial charge in [-0.05, 0) is 28.1 Å². The predicted octanol–water partition coefficient (Wildman–Crippen LogP) is 1.95. The first-order valence-electron chi connectivity index (χ1n) is 4.17. The van der Waals surface area contributed by atoms with Crippen LogP contribution < -0.4 is 0 Å². The zero-order chi connectivity index (χ0) is 9.97. The molecule has 0 aliphatic heterocycles. The zero-order valence-electron chi connectivity index (χ0n) is 7.31. The number of rotatable bonds is 2. The van der Waals surface area contributed by atoms with Gasteiger partial charge in [-0.15, -0.1) is 0 Å². The molecule has 0 amide bonds. The Bertz CT molecular complexity index is 497. The van der Waals surface area contributed by atoms with Gasteiger partial charge in [-0.3, -0.25) is 0 Å². The summed E-state index contributed by atoms with van der Waals surface area (Å²) in [6.45, 7) is 0. The number of hydrogen-bond donors (Lipinski definition) is 0. The minimum absolute atomic E-state index is 0.456. The van der Waals surface area contributed by atoms with Crippen molar-refractivity contribution in [3.63, 3.8) is 0 Å². The first-order valence-corrected chi connectivity index (χ1v) is 4.96. The smallest absolute Gasteiger partial charge is 0.155 e. The normalized spacial score (nSPS) is 10.3. The standard InChI is InChI=1S/C9H7BrN4/c10-7-3-4-9-12-8(2-1-5-11)13-14(9)6-7/h3-4,6H,1-2H2. The van der Waals surface area contributed by atoms with Crippen molar-refractivity contribution in [1.29, 1.82) is 5.26 Å². The number of halogens is 1. The maximum Gasteiger partial charge on any atom is 0.155 e. The van der Waals surface area contributed by atoms with Crippen LogP contribution in [-0.2, 0) is 6.42 Å². The molecule has 0 fully saturated rings. The van der Waals surface area contributed by atoms with Crippen LogP contribution in [0.25, 0.3) is 5.65 Å². The molecule has 4 nitrogen and oxygen atoms in total. The number of nitrogens with zero attached hydrogens (tertiary/aromatic N) is 4. The van der Waals surface area contributed by atoms with Crippen molar-refractivity contribution in [1.82, 2.24) is 14.6 Å². The summed E-state index contributed by atoms with van der Waals surface area (Å²) in [5, 5.41) is 12.7. The van der Waals surface area contributed by atoms with Crippen LogP contribution >= 0.6 is 15.9 Å². The fraction of sp³-hybridized carbons (Fsp3) is 0.222. The van der Waals surface area contributed by atoms with Crippen LogP contribution in [0.1, 0.15) is 12.2 Å². The first-order chi connectivity index (χ1) is 6.79. The number of hydrogen-bond acceptors (Lipinski definition) is 3. The lowest BCUT2D eigenvalue weighted by Gasteiger charge is -1.90. The van der Waals surface area contributed by atoms with Crippen LogP contribution in [0.3, 0.4) is 0 Å². The monoisotopic (exact) mass is 250 g/mol. The van der Waals surface area contributed by atoms with Crippen molar-refractivity contribution in [3.8, 4) is 6.07 Å². The highest BCUT2D eigenvalue weighted by Crippen LogP contribution is 2.10. The Morgan fingerprint density at radius 1 is 1.50 bits per heavy atom. The maximum atomic E-state index is 8.43. The van der Waals surface area contributed by atoms with Gasteiger partial charge in [0.2, 0.25) is 0 Å². The van der Waals surface area contributed by atoms with Crippen LogP contribution in [-0.4, -0.2) is 14.6 Å². The second kappa shape index (κ2) is 3.76. The van der Waals surface area contributed by atoms with Gasteiger partial charge in [0, 0.05) is 23.5 Å². The highest BCUT2D eigenvalue weighted by molar-refractivity contribution is 9.10. The molecule has 14 heavy (non-hydrogen) atoms. The van der Waals surface area contributed by atoms with Gasteiger partial charge in [-0.25, -0.2) is 9.50 Å². The van der Waals surface area contributed by atoms with Crippen molar-refractivity contribution in [2.75, 3.05) is 0 Å². The molecule has 0 atom stereocenters. The van der Waals surface area contributed by atoms with Gasteiger partial charge >= 0.3 is 0 Å². The van der Waals surface area contributed by atoms with E-state index in [4.69, 9.17) is 5.26 Å². The van der Waals surface area contributed by atoms with Gasteiger partial charge in [-0.2, -0.15) is 10.4 Å². The lowest BCUT2D eigenvalue weighted by Crippen LogP contribution is -1.89. The molecule has 0 aromatic carbocycles. The molecule has 0 aliphatic rings. The van der Waals surface area contributed by atoms with E-state index in [1.54, 1.807) is 4.52 Å². The molecular weight excluding hydrogens is 244 g/mol. The van der Waals surface area contributed by atoms with Crippen molar-refractivity contribution in [2.24, 2.45) is 0 Å². The van der Waals surface area contributed by atoms with E-state index in [1.165, 1.54) is 0 Å². The van der Waals surface area contributed by atoms with Crippen LogP contribution in [0.5, 0.6) is 0 Å². The van der Waals surface area contributed by atoms with Gasteiger partial charge in [0.1, 0.15) is 0 Å². The van der Waals surface area contributed by atoms with Crippen molar-refractivity contribution >= 4 is 21.6 Å². The van der Waals surface area contributed by atoms with Gasteiger partial charge in [0.25, 0.3) is 0 Å². The largest absolute Gasteiger partial charge is 0.220 e. The molecule has 0 saturated heterocycles. The molecule has 0 bridgehead atoms. The molecule has 2 aromatic rings. The summed E-state index contributed by atoms with van der Waals surface area (Å²) in [6, 6.07) is 5.87. The first kappa shape index (κ1) is 9.16. The van der Waals surface area contributed by atoms with Crippen molar-refractivity contribution in [3.05, 3.63) is 28.6 Å². The molecule has 0 aliphatic carbocycles. The SMILES string of the molecule is N#CCCc1nc2ccc(Br)cn2n1. The minimum atomic E-state index is 0.456. The molecule has 2 heterocycles. The third-order valence-electron chi connectivity index (χ3n) is 1.80. The number of aryl methyl sites for hydroxylation is 1. The van der Waals surface area contributed by atoms with E-state index in [0.29, 0.717) is 18.7 Å². The number of pyridine rings is 1. The van der Waals surface area contributed by atoms with Gasteiger partial charge in [-0.1, -0.05) is 0 Å². The summed E-state index contributed by atoms with van der Waals surface area (Å²) in [5.74, 6) is 0.713. The molecule has 0 N–H and O–H groups in total. The fourth-order valence-corrected chi connectivity index (χ4v) is 1.50. The molecule has 70 valence electrons. The Kier molecular flexibility index (Phi) is 2.46. The van der Waals surface area contributed by atoms with E-state index in [9.17, 15) is 0 Å². The van der Waals surface area contributed by atoms with Crippen molar-refractivity contribution < 1.29 is 0 Å². The molecule has 2 aromatic heterocycles. The van der Waals surface area contributed by atoms with E-state index in [1.807, 2.05) is 18.3 Å². The summed E-state index contributed by atoms with van der Waals surface area (Å²) in [6.07, 6.45) is 2.91. The van der Waals surface area contributed by atoms with E-state index in [-0.39, 0.29) is 0 Å². The highest BCUT2D eigenvalue weighted by atomic mass is 79.9. The molecular formula is C9H7BrN4. The fourth-order valence-electron chi connectivity index (χ4n) is 1.18. The third kappa shape index (κ3) is 1.75. The third-order valence-corrected chi connectivity index (χ3v) is 2.27. The Labute approximate surface area is 89.3 Å². The van der Waals surface area contributed by atoms with Crippen molar-refractivity contribution in [2.45, 2.75) is 12.8 Å². The van der Waals surface area contributed by atoms with Crippen LogP contribution in [0.15, 0.2) is 22.8 Å². The van der Waals surface area contributed by atoms with Gasteiger partial charge in [0.15, 0.2) is 11.5 Å². The maximum absolute atomic E-state index is 8.43. The average Bonchev–Trinajstić information content (AvgIpc) is 2.56. The Balaban J connectivity index is 2.37. The molecule has 0 unspecified atom stereocenters. The quantitative estimate of drug-likeness (QED) is 0.819. The van der Waals surface area contributed by atoms with E-state index in [2.05, 4.69) is 32.1 Å².